The number of hydrogen-bond acceptors (Lipinski definition) is 6. The maximum absolute atomic E-state index is 12.0. The first-order chi connectivity index (χ1) is 11.9. The van der Waals surface area contributed by atoms with Crippen LogP contribution < -0.4 is 10.6 Å². The Kier molecular flexibility index (Phi) is 5.58. The molecular weight excluding hydrogens is 356 g/mol. The number of carbonyl (C=O) groups excluding carboxylic acids is 2. The van der Waals surface area contributed by atoms with Crippen molar-refractivity contribution in [1.29, 1.82) is 0 Å². The van der Waals surface area contributed by atoms with E-state index in [4.69, 9.17) is 0 Å². The van der Waals surface area contributed by atoms with Crippen molar-refractivity contribution < 1.29 is 9.59 Å². The second kappa shape index (κ2) is 7.70. The summed E-state index contributed by atoms with van der Waals surface area (Å²) in [6.45, 7) is 5.66. The maximum Gasteiger partial charge on any atom is 0.239 e. The standard InChI is InChI=1S/C17H22N4O2S2/c1-9(2)19-13(22)7-18-14(23)8-24-16-15-11-5-4-6-12(11)25-17(15)21-10(3)20-16/h9H,4-8H2,1-3H3,(H,18,23)(H,19,22). The van der Waals surface area contributed by atoms with E-state index in [0.29, 0.717) is 0 Å². The van der Waals surface area contributed by atoms with Crippen LogP contribution in [0.1, 0.15) is 36.5 Å². The third kappa shape index (κ3) is 4.30. The molecular formula is C17H22N4O2S2. The van der Waals surface area contributed by atoms with Gasteiger partial charge in [0, 0.05) is 16.3 Å². The Morgan fingerprint density at radius 1 is 1.24 bits per heavy atom. The lowest BCUT2D eigenvalue weighted by molar-refractivity contribution is -0.125. The van der Waals surface area contributed by atoms with Crippen LogP contribution in [-0.4, -0.2) is 40.1 Å². The second-order valence-corrected chi connectivity index (χ2v) is 8.45. The zero-order chi connectivity index (χ0) is 18.0. The molecule has 0 radical (unpaired) electrons. The molecule has 0 spiro atoms. The number of thiophene rings is 1. The van der Waals surface area contributed by atoms with Crippen LogP contribution in [0.25, 0.3) is 10.2 Å². The summed E-state index contributed by atoms with van der Waals surface area (Å²) >= 11 is 3.17. The fourth-order valence-corrected chi connectivity index (χ4v) is 5.21. The van der Waals surface area contributed by atoms with Gasteiger partial charge in [-0.2, -0.15) is 0 Å². The van der Waals surface area contributed by atoms with Crippen LogP contribution in [0.15, 0.2) is 5.03 Å². The molecule has 0 atom stereocenters. The minimum absolute atomic E-state index is 0.00361. The number of amides is 2. The van der Waals surface area contributed by atoms with Gasteiger partial charge in [-0.15, -0.1) is 11.3 Å². The Bertz CT molecular complexity index is 817. The van der Waals surface area contributed by atoms with Gasteiger partial charge in [0.2, 0.25) is 11.8 Å². The molecule has 2 N–H and O–H groups in total. The van der Waals surface area contributed by atoms with Crippen molar-refractivity contribution in [3.05, 3.63) is 16.3 Å². The number of nitrogens with one attached hydrogen (secondary N) is 2. The average Bonchev–Trinajstić information content (AvgIpc) is 3.10. The third-order valence-corrected chi connectivity index (χ3v) is 6.04. The topological polar surface area (TPSA) is 84.0 Å². The highest BCUT2D eigenvalue weighted by atomic mass is 32.2. The smallest absolute Gasteiger partial charge is 0.239 e. The molecule has 2 heterocycles. The molecule has 2 aromatic heterocycles. The molecule has 0 saturated carbocycles. The second-order valence-electron chi connectivity index (χ2n) is 6.40. The number of thioether (sulfide) groups is 1. The number of carbonyl (C=O) groups is 2. The first-order valence-electron chi connectivity index (χ1n) is 8.41. The minimum atomic E-state index is -0.177. The summed E-state index contributed by atoms with van der Waals surface area (Å²) in [6.07, 6.45) is 3.36. The van der Waals surface area contributed by atoms with Crippen LogP contribution in [0, 0.1) is 6.92 Å². The lowest BCUT2D eigenvalue weighted by Crippen LogP contribution is -2.40. The number of aryl methyl sites for hydroxylation is 3. The van der Waals surface area contributed by atoms with Gasteiger partial charge in [-0.1, -0.05) is 11.8 Å². The van der Waals surface area contributed by atoms with E-state index in [0.717, 1.165) is 33.9 Å². The predicted octanol–water partition coefficient (Wildman–Crippen LogP) is 2.22. The molecule has 134 valence electrons. The van der Waals surface area contributed by atoms with E-state index in [2.05, 4.69) is 20.6 Å². The number of hydrogen-bond donors (Lipinski definition) is 2. The molecule has 0 bridgehead atoms. The lowest BCUT2D eigenvalue weighted by atomic mass is 10.2. The molecule has 0 aromatic carbocycles. The predicted molar refractivity (Wildman–Crippen MR) is 101 cm³/mol. The van der Waals surface area contributed by atoms with E-state index in [1.165, 1.54) is 28.6 Å². The van der Waals surface area contributed by atoms with Gasteiger partial charge in [0.05, 0.1) is 12.3 Å². The summed E-state index contributed by atoms with van der Waals surface area (Å²) in [5, 5.41) is 7.40. The van der Waals surface area contributed by atoms with Gasteiger partial charge in [0.15, 0.2) is 0 Å². The van der Waals surface area contributed by atoms with Crippen molar-refractivity contribution in [1.82, 2.24) is 20.6 Å². The van der Waals surface area contributed by atoms with E-state index in [9.17, 15) is 9.59 Å². The highest BCUT2D eigenvalue weighted by Crippen LogP contribution is 2.40. The molecule has 0 unspecified atom stereocenters. The van der Waals surface area contributed by atoms with Crippen molar-refractivity contribution in [2.24, 2.45) is 0 Å². The number of rotatable bonds is 6. The molecule has 6 nitrogen and oxygen atoms in total. The lowest BCUT2D eigenvalue weighted by Gasteiger charge is -2.09. The van der Waals surface area contributed by atoms with Crippen LogP contribution in [0.2, 0.25) is 0 Å². The molecule has 2 aromatic rings. The van der Waals surface area contributed by atoms with Gasteiger partial charge in [0.25, 0.3) is 0 Å². The van der Waals surface area contributed by atoms with Crippen LogP contribution >= 0.6 is 23.1 Å². The SMILES string of the molecule is Cc1nc(SCC(=O)NCC(=O)NC(C)C)c2c3c(sc2n1)CCC3. The third-order valence-electron chi connectivity index (χ3n) is 3.88. The molecule has 1 aliphatic rings. The summed E-state index contributed by atoms with van der Waals surface area (Å²) in [4.78, 5) is 35.2. The number of aromatic nitrogens is 2. The Morgan fingerprint density at radius 2 is 2.04 bits per heavy atom. The average molecular weight is 379 g/mol. The van der Waals surface area contributed by atoms with Crippen molar-refractivity contribution in [3.8, 4) is 0 Å². The molecule has 1 aliphatic carbocycles. The molecule has 8 heteroatoms. The van der Waals surface area contributed by atoms with Gasteiger partial charge >= 0.3 is 0 Å². The largest absolute Gasteiger partial charge is 0.352 e. The fraction of sp³-hybridized carbons (Fsp3) is 0.529. The Balaban J connectivity index is 1.65. The van der Waals surface area contributed by atoms with E-state index in [1.54, 1.807) is 11.3 Å². The van der Waals surface area contributed by atoms with E-state index in [1.807, 2.05) is 20.8 Å². The maximum atomic E-state index is 12.0. The Labute approximate surface area is 155 Å². The summed E-state index contributed by atoms with van der Waals surface area (Å²) in [6, 6.07) is 0.0664. The van der Waals surface area contributed by atoms with Crippen LogP contribution in [0.5, 0.6) is 0 Å². The summed E-state index contributed by atoms with van der Waals surface area (Å²) in [5.41, 5.74) is 1.36. The summed E-state index contributed by atoms with van der Waals surface area (Å²) in [5.74, 6) is 0.626. The minimum Gasteiger partial charge on any atom is -0.352 e. The molecule has 0 saturated heterocycles. The zero-order valence-corrected chi connectivity index (χ0v) is 16.3. The first-order valence-corrected chi connectivity index (χ1v) is 10.2. The normalized spacial score (nSPS) is 13.3. The van der Waals surface area contributed by atoms with Crippen molar-refractivity contribution in [2.75, 3.05) is 12.3 Å². The van der Waals surface area contributed by atoms with E-state index >= 15 is 0 Å². The fourth-order valence-electron chi connectivity index (χ4n) is 2.91. The molecule has 2 amide bonds. The van der Waals surface area contributed by atoms with Crippen molar-refractivity contribution in [2.45, 2.75) is 51.1 Å². The van der Waals surface area contributed by atoms with Crippen LogP contribution in [0.3, 0.4) is 0 Å². The van der Waals surface area contributed by atoms with Crippen LogP contribution in [-0.2, 0) is 22.4 Å². The zero-order valence-electron chi connectivity index (χ0n) is 14.6. The van der Waals surface area contributed by atoms with Gasteiger partial charge in [0.1, 0.15) is 15.7 Å². The van der Waals surface area contributed by atoms with Gasteiger partial charge in [-0.25, -0.2) is 9.97 Å². The quantitative estimate of drug-likeness (QED) is 0.595. The van der Waals surface area contributed by atoms with Crippen molar-refractivity contribution in [3.63, 3.8) is 0 Å². The van der Waals surface area contributed by atoms with Gasteiger partial charge < -0.3 is 10.6 Å². The summed E-state index contributed by atoms with van der Waals surface area (Å²) < 4.78 is 0. The van der Waals surface area contributed by atoms with E-state index < -0.39 is 0 Å². The molecule has 0 aliphatic heterocycles. The molecule has 25 heavy (non-hydrogen) atoms. The van der Waals surface area contributed by atoms with Gasteiger partial charge in [-0.3, -0.25) is 9.59 Å². The molecule has 3 rings (SSSR count). The van der Waals surface area contributed by atoms with E-state index in [-0.39, 0.29) is 30.2 Å². The summed E-state index contributed by atoms with van der Waals surface area (Å²) in [7, 11) is 0. The molecule has 0 fully saturated rings. The Hall–Kier alpha value is -1.67. The first kappa shape index (κ1) is 18.1. The monoisotopic (exact) mass is 378 g/mol. The van der Waals surface area contributed by atoms with Gasteiger partial charge in [-0.05, 0) is 45.6 Å². The highest BCUT2D eigenvalue weighted by Gasteiger charge is 2.22. The highest BCUT2D eigenvalue weighted by molar-refractivity contribution is 8.00. The van der Waals surface area contributed by atoms with Crippen LogP contribution in [0.4, 0.5) is 0 Å². The Morgan fingerprint density at radius 3 is 2.80 bits per heavy atom. The number of nitrogens with zero attached hydrogens (tertiary/aromatic N) is 2. The number of fused-ring (bicyclic) bond motifs is 3. The van der Waals surface area contributed by atoms with Crippen molar-refractivity contribution >= 4 is 45.1 Å².